The molecule has 0 rings (SSSR count). The molecule has 0 unspecified atom stereocenters. The van der Waals surface area contributed by atoms with E-state index in [4.69, 9.17) is 5.73 Å². The highest BCUT2D eigenvalue weighted by Crippen LogP contribution is 1.86. The molecule has 0 saturated carbocycles. The zero-order valence-electron chi connectivity index (χ0n) is 5.69. The maximum absolute atomic E-state index is 10.1. The minimum atomic E-state index is -0.189. The first-order valence-electron chi connectivity index (χ1n) is 2.45. The second kappa shape index (κ2) is 6.67. The molecule has 0 heterocycles. The van der Waals surface area contributed by atoms with Gasteiger partial charge in [-0.2, -0.15) is 0 Å². The van der Waals surface area contributed by atoms with Crippen molar-refractivity contribution in [3.63, 3.8) is 0 Å². The highest BCUT2D eigenvalue weighted by molar-refractivity contribution is 7.95. The second-order valence-corrected chi connectivity index (χ2v) is 4.29. The molecule has 2 N–H and O–H groups in total. The Labute approximate surface area is 75.9 Å². The third-order valence-corrected chi connectivity index (χ3v) is 1.78. The van der Waals surface area contributed by atoms with Gasteiger partial charge in [-0.15, -0.1) is 0 Å². The van der Waals surface area contributed by atoms with Crippen LogP contribution in [0.4, 0.5) is 0 Å². The largest absolute Gasteiger partial charge is 1.00 e. The van der Waals surface area contributed by atoms with Gasteiger partial charge in [0.2, 0.25) is 5.91 Å². The van der Waals surface area contributed by atoms with E-state index in [9.17, 15) is 4.79 Å². The maximum atomic E-state index is 10.1. The molecule has 9 heavy (non-hydrogen) atoms. The van der Waals surface area contributed by atoms with Crippen LogP contribution < -0.4 is 29.7 Å². The van der Waals surface area contributed by atoms with E-state index >= 15 is 0 Å². The van der Waals surface area contributed by atoms with E-state index < -0.39 is 0 Å². The number of halogens is 1. The Morgan fingerprint density at radius 3 is 2.11 bits per heavy atom. The fraction of sp³-hybridized carbons (Fsp3) is 0.800. The topological polar surface area (TPSA) is 43.1 Å². The number of rotatable bonds is 3. The molecule has 0 saturated heterocycles. The molecule has 0 bridgehead atoms. The average Bonchev–Trinajstić information content (AvgIpc) is 1.61. The smallest absolute Gasteiger partial charge is 0.222 e. The molecule has 1 amide bonds. The lowest BCUT2D eigenvalue weighted by Crippen LogP contribution is -3.00. The lowest BCUT2D eigenvalue weighted by molar-refractivity contribution is -0.117. The van der Waals surface area contributed by atoms with E-state index in [1.54, 1.807) is 0 Å². The summed E-state index contributed by atoms with van der Waals surface area (Å²) in [7, 11) is 0.363. The molecule has 2 nitrogen and oxygen atoms in total. The van der Waals surface area contributed by atoms with Crippen molar-refractivity contribution in [1.82, 2.24) is 0 Å². The van der Waals surface area contributed by atoms with Gasteiger partial charge in [-0.25, -0.2) is 0 Å². The zero-order valence-corrected chi connectivity index (χ0v) is 8.66. The van der Waals surface area contributed by atoms with E-state index in [0.29, 0.717) is 17.3 Å². The fourth-order valence-corrected chi connectivity index (χ4v) is 0.914. The minimum Gasteiger partial charge on any atom is -1.00 e. The Kier molecular flexibility index (Phi) is 9.07. The zero-order chi connectivity index (χ0) is 6.57. The molecule has 0 aliphatic carbocycles. The van der Waals surface area contributed by atoms with Crippen molar-refractivity contribution in [2.75, 3.05) is 18.3 Å². The summed E-state index contributed by atoms with van der Waals surface area (Å²) in [5, 5.41) is 0. The Bertz CT molecular complexity index is 87.0. The monoisotopic (exact) mass is 261 g/mol. The first kappa shape index (κ1) is 12.2. The highest BCUT2D eigenvalue weighted by Gasteiger charge is 2.03. The lowest BCUT2D eigenvalue weighted by atomic mass is 10.5. The average molecular weight is 261 g/mol. The van der Waals surface area contributed by atoms with Crippen molar-refractivity contribution in [3.8, 4) is 0 Å². The molecule has 0 radical (unpaired) electrons. The van der Waals surface area contributed by atoms with Crippen LogP contribution in [0.1, 0.15) is 6.42 Å². The van der Waals surface area contributed by atoms with Crippen molar-refractivity contribution in [2.45, 2.75) is 6.42 Å². The van der Waals surface area contributed by atoms with Crippen LogP contribution in [0.3, 0.4) is 0 Å². The first-order chi connectivity index (χ1) is 3.63. The molecule has 0 fully saturated rings. The summed E-state index contributed by atoms with van der Waals surface area (Å²) in [5.41, 5.74) is 4.91. The lowest BCUT2D eigenvalue weighted by Gasteiger charge is -1.90. The third-order valence-electron chi connectivity index (χ3n) is 0.757. The van der Waals surface area contributed by atoms with Gasteiger partial charge in [0.25, 0.3) is 0 Å². The summed E-state index contributed by atoms with van der Waals surface area (Å²) in [6, 6.07) is 0. The van der Waals surface area contributed by atoms with Crippen LogP contribution in [0.25, 0.3) is 0 Å². The predicted octanol–water partition coefficient (Wildman–Crippen LogP) is -3.26. The Morgan fingerprint density at radius 1 is 1.56 bits per heavy atom. The normalized spacial score (nSPS) is 8.78. The summed E-state index contributed by atoms with van der Waals surface area (Å²) in [6.45, 7) is 0. The van der Waals surface area contributed by atoms with Crippen LogP contribution in [0.2, 0.25) is 0 Å². The summed E-state index contributed by atoms with van der Waals surface area (Å²) in [6.07, 6.45) is 4.74. The van der Waals surface area contributed by atoms with Gasteiger partial charge in [-0.3, -0.25) is 4.79 Å². The van der Waals surface area contributed by atoms with Crippen LogP contribution in [0, 0.1) is 0 Å². The number of hydrogen-bond donors (Lipinski definition) is 1. The summed E-state index contributed by atoms with van der Waals surface area (Å²) in [5.74, 6) is 0.751. The maximum Gasteiger partial charge on any atom is 0.222 e. The van der Waals surface area contributed by atoms with Crippen LogP contribution >= 0.6 is 0 Å². The molecule has 0 aliphatic rings. The molecule has 4 heteroatoms. The van der Waals surface area contributed by atoms with Crippen LogP contribution in [-0.4, -0.2) is 24.2 Å². The van der Waals surface area contributed by atoms with Gasteiger partial charge in [0.05, 0.1) is 18.9 Å². The van der Waals surface area contributed by atoms with E-state index in [1.807, 2.05) is 0 Å². The van der Waals surface area contributed by atoms with Crippen molar-refractivity contribution >= 4 is 16.8 Å². The van der Waals surface area contributed by atoms with Crippen molar-refractivity contribution < 1.29 is 28.8 Å². The number of hydrogen-bond acceptors (Lipinski definition) is 1. The molecular formula is C5H12INOS. The van der Waals surface area contributed by atoms with Crippen LogP contribution in [-0.2, 0) is 15.7 Å². The third kappa shape index (κ3) is 11.9. The van der Waals surface area contributed by atoms with Crippen LogP contribution in [0.15, 0.2) is 0 Å². The number of amides is 1. The SMILES string of the molecule is C[S+](C)CCC(N)=O.[I-]. The van der Waals surface area contributed by atoms with Gasteiger partial charge in [-0.05, 0) is 10.9 Å². The Balaban J connectivity index is 0. The van der Waals surface area contributed by atoms with E-state index in [1.165, 1.54) is 0 Å². The van der Waals surface area contributed by atoms with Gasteiger partial charge >= 0.3 is 0 Å². The van der Waals surface area contributed by atoms with Gasteiger partial charge in [-0.1, -0.05) is 0 Å². The van der Waals surface area contributed by atoms with E-state index in [0.717, 1.165) is 5.75 Å². The second-order valence-electron chi connectivity index (χ2n) is 1.91. The van der Waals surface area contributed by atoms with Crippen molar-refractivity contribution in [2.24, 2.45) is 5.73 Å². The van der Waals surface area contributed by atoms with E-state index in [2.05, 4.69) is 12.5 Å². The number of carbonyl (C=O) groups is 1. The molecule has 56 valence electrons. The van der Waals surface area contributed by atoms with Gasteiger partial charge in [0.1, 0.15) is 5.75 Å². The highest BCUT2D eigenvalue weighted by atomic mass is 127. The Hall–Kier alpha value is 0.550. The molecule has 0 aromatic heterocycles. The molecule has 0 atom stereocenters. The fourth-order valence-electron chi connectivity index (χ4n) is 0.305. The van der Waals surface area contributed by atoms with Gasteiger partial charge in [0, 0.05) is 0 Å². The van der Waals surface area contributed by atoms with Crippen molar-refractivity contribution in [1.29, 1.82) is 0 Å². The Morgan fingerprint density at radius 2 is 2.00 bits per heavy atom. The molecule has 0 aromatic carbocycles. The quantitative estimate of drug-likeness (QED) is 0.421. The molecular weight excluding hydrogens is 249 g/mol. The van der Waals surface area contributed by atoms with Crippen molar-refractivity contribution in [3.05, 3.63) is 0 Å². The summed E-state index contributed by atoms with van der Waals surface area (Å²) < 4.78 is 0. The van der Waals surface area contributed by atoms with Crippen LogP contribution in [0.5, 0.6) is 0 Å². The molecule has 0 spiro atoms. The summed E-state index contributed by atoms with van der Waals surface area (Å²) >= 11 is 0. The minimum absolute atomic E-state index is 0. The molecule has 0 aromatic rings. The number of nitrogens with two attached hydrogens (primary N) is 1. The predicted molar refractivity (Wildman–Crippen MR) is 37.9 cm³/mol. The first-order valence-corrected chi connectivity index (χ1v) is 4.66. The number of carbonyl (C=O) groups excluding carboxylic acids is 1. The number of primary amides is 1. The van der Waals surface area contributed by atoms with E-state index in [-0.39, 0.29) is 29.9 Å². The van der Waals surface area contributed by atoms with Gasteiger partial charge < -0.3 is 29.7 Å². The summed E-state index contributed by atoms with van der Waals surface area (Å²) in [4.78, 5) is 10.1. The van der Waals surface area contributed by atoms with Gasteiger partial charge in [0.15, 0.2) is 0 Å². The standard InChI is InChI=1S/C5H11NOS.HI/c1-8(2)4-3-5(6)7;/h3-4H2,1-2H3,(H-,6,7);1H. The molecule has 0 aliphatic heterocycles.